The van der Waals surface area contributed by atoms with Crippen molar-refractivity contribution in [1.82, 2.24) is 4.57 Å². The number of fused-ring (bicyclic) bond motifs is 1. The lowest BCUT2D eigenvalue weighted by atomic mass is 10.1. The molecule has 2 rings (SSSR count). The summed E-state index contributed by atoms with van der Waals surface area (Å²) in [5.41, 5.74) is 2.86. The van der Waals surface area contributed by atoms with Crippen LogP contribution in [0.4, 0.5) is 0 Å². The van der Waals surface area contributed by atoms with Gasteiger partial charge in [0.15, 0.2) is 6.29 Å². The predicted octanol–water partition coefficient (Wildman–Crippen LogP) is 3.06. The van der Waals surface area contributed by atoms with Gasteiger partial charge in [0, 0.05) is 16.9 Å². The smallest absolute Gasteiger partial charge is 0.166 e. The van der Waals surface area contributed by atoms with Crippen LogP contribution in [0.1, 0.15) is 16.1 Å². The van der Waals surface area contributed by atoms with E-state index in [1.165, 1.54) is 0 Å². The molecule has 0 bridgehead atoms. The highest BCUT2D eigenvalue weighted by molar-refractivity contribution is 9.10. The van der Waals surface area contributed by atoms with Gasteiger partial charge in [-0.2, -0.15) is 0 Å². The van der Waals surface area contributed by atoms with Crippen molar-refractivity contribution in [3.8, 4) is 0 Å². The van der Waals surface area contributed by atoms with Crippen molar-refractivity contribution in [2.24, 2.45) is 7.05 Å². The number of benzene rings is 1. The molecule has 0 aliphatic carbocycles. The second-order valence-electron chi connectivity index (χ2n) is 3.32. The van der Waals surface area contributed by atoms with Crippen LogP contribution in [0.15, 0.2) is 22.7 Å². The maximum atomic E-state index is 10.9. The molecular formula is C11H10BrNO. The minimum atomic E-state index is 0.743. The highest BCUT2D eigenvalue weighted by Gasteiger charge is 2.12. The third kappa shape index (κ3) is 1.12. The minimum absolute atomic E-state index is 0.743. The number of aromatic nitrogens is 1. The van der Waals surface area contributed by atoms with Gasteiger partial charge in [-0.25, -0.2) is 0 Å². The van der Waals surface area contributed by atoms with Gasteiger partial charge in [-0.15, -0.1) is 0 Å². The summed E-state index contributed by atoms with van der Waals surface area (Å²) >= 11 is 3.49. The van der Waals surface area contributed by atoms with Crippen molar-refractivity contribution >= 4 is 33.1 Å². The molecule has 1 aromatic heterocycles. The van der Waals surface area contributed by atoms with E-state index >= 15 is 0 Å². The molecule has 3 heteroatoms. The number of carbonyl (C=O) groups excluding carboxylic acids is 1. The molecule has 0 spiro atoms. The summed E-state index contributed by atoms with van der Waals surface area (Å²) < 4.78 is 2.94. The van der Waals surface area contributed by atoms with Gasteiger partial charge in [0.05, 0.1) is 11.2 Å². The zero-order valence-corrected chi connectivity index (χ0v) is 9.63. The van der Waals surface area contributed by atoms with Crippen molar-refractivity contribution < 1.29 is 4.79 Å². The number of hydrogen-bond donors (Lipinski definition) is 0. The van der Waals surface area contributed by atoms with E-state index in [1.54, 1.807) is 0 Å². The number of rotatable bonds is 1. The van der Waals surface area contributed by atoms with Crippen LogP contribution >= 0.6 is 15.9 Å². The standard InChI is InChI=1S/C11H10BrNO/c1-7-8-4-3-5-9(12)11(8)13(2)10(7)6-14/h3-6H,1-2H3. The van der Waals surface area contributed by atoms with Crippen molar-refractivity contribution in [2.45, 2.75) is 6.92 Å². The third-order valence-electron chi connectivity index (χ3n) is 2.58. The number of carbonyl (C=O) groups is 1. The second kappa shape index (κ2) is 3.24. The van der Waals surface area contributed by atoms with Gasteiger partial charge in [-0.05, 0) is 34.5 Å². The first-order chi connectivity index (χ1) is 6.66. The number of hydrogen-bond acceptors (Lipinski definition) is 1. The van der Waals surface area contributed by atoms with Gasteiger partial charge in [-0.3, -0.25) is 4.79 Å². The molecule has 0 fully saturated rings. The fourth-order valence-corrected chi connectivity index (χ4v) is 2.47. The Morgan fingerprint density at radius 1 is 1.43 bits per heavy atom. The summed E-state index contributed by atoms with van der Waals surface area (Å²) in [4.78, 5) is 10.9. The Bertz CT molecular complexity index is 513. The number of para-hydroxylation sites is 1. The van der Waals surface area contributed by atoms with Crippen molar-refractivity contribution in [2.75, 3.05) is 0 Å². The Balaban J connectivity index is 3.01. The van der Waals surface area contributed by atoms with Crippen LogP contribution in [-0.2, 0) is 7.05 Å². The van der Waals surface area contributed by atoms with Gasteiger partial charge in [0.1, 0.15) is 0 Å². The Hall–Kier alpha value is -1.09. The first-order valence-corrected chi connectivity index (χ1v) is 5.14. The van der Waals surface area contributed by atoms with Crippen molar-refractivity contribution in [3.05, 3.63) is 33.9 Å². The first kappa shape index (κ1) is 9.46. The van der Waals surface area contributed by atoms with Crippen LogP contribution in [0, 0.1) is 6.92 Å². The van der Waals surface area contributed by atoms with E-state index in [4.69, 9.17) is 0 Å². The van der Waals surface area contributed by atoms with Gasteiger partial charge in [0.2, 0.25) is 0 Å². The van der Waals surface area contributed by atoms with Crippen LogP contribution in [0.2, 0.25) is 0 Å². The summed E-state index contributed by atoms with van der Waals surface area (Å²) in [6.07, 6.45) is 0.905. The SMILES string of the molecule is Cc1c(C=O)n(C)c2c(Br)cccc12. The maximum absolute atomic E-state index is 10.9. The van der Waals surface area contributed by atoms with Crippen LogP contribution in [0.3, 0.4) is 0 Å². The summed E-state index contributed by atoms with van der Waals surface area (Å²) in [6, 6.07) is 5.99. The van der Waals surface area contributed by atoms with E-state index in [0.717, 1.165) is 32.9 Å². The molecule has 0 amide bonds. The topological polar surface area (TPSA) is 22.0 Å². The monoisotopic (exact) mass is 251 g/mol. The molecule has 1 aromatic carbocycles. The normalized spacial score (nSPS) is 10.8. The lowest BCUT2D eigenvalue weighted by Crippen LogP contribution is -1.95. The lowest BCUT2D eigenvalue weighted by Gasteiger charge is -1.99. The molecule has 0 aliphatic rings. The molecule has 14 heavy (non-hydrogen) atoms. The van der Waals surface area contributed by atoms with E-state index in [1.807, 2.05) is 36.7 Å². The lowest BCUT2D eigenvalue weighted by molar-refractivity contribution is 0.111. The number of aryl methyl sites for hydroxylation is 2. The van der Waals surface area contributed by atoms with E-state index < -0.39 is 0 Å². The fourth-order valence-electron chi connectivity index (χ4n) is 1.84. The molecule has 0 saturated carbocycles. The average Bonchev–Trinajstić information content (AvgIpc) is 2.41. The molecule has 2 nitrogen and oxygen atoms in total. The highest BCUT2D eigenvalue weighted by Crippen LogP contribution is 2.29. The molecule has 0 saturated heterocycles. The largest absolute Gasteiger partial charge is 0.340 e. The molecule has 2 aromatic rings. The molecule has 0 radical (unpaired) electrons. The molecule has 0 aliphatic heterocycles. The van der Waals surface area contributed by atoms with E-state index in [-0.39, 0.29) is 0 Å². The summed E-state index contributed by atoms with van der Waals surface area (Å²) in [5, 5.41) is 1.13. The van der Waals surface area contributed by atoms with Crippen LogP contribution < -0.4 is 0 Å². The van der Waals surface area contributed by atoms with Crippen molar-refractivity contribution in [3.63, 3.8) is 0 Å². The molecule has 1 heterocycles. The molecule has 0 atom stereocenters. The van der Waals surface area contributed by atoms with Crippen molar-refractivity contribution in [1.29, 1.82) is 0 Å². The maximum Gasteiger partial charge on any atom is 0.166 e. The summed E-state index contributed by atoms with van der Waals surface area (Å²) in [5.74, 6) is 0. The zero-order valence-electron chi connectivity index (χ0n) is 8.04. The predicted molar refractivity (Wildman–Crippen MR) is 60.7 cm³/mol. The average molecular weight is 252 g/mol. The third-order valence-corrected chi connectivity index (χ3v) is 3.22. The molecular weight excluding hydrogens is 242 g/mol. The van der Waals surface area contributed by atoms with Gasteiger partial charge < -0.3 is 4.57 Å². The van der Waals surface area contributed by atoms with E-state index in [0.29, 0.717) is 0 Å². The fraction of sp³-hybridized carbons (Fsp3) is 0.182. The molecule has 0 N–H and O–H groups in total. The number of aldehydes is 1. The van der Waals surface area contributed by atoms with E-state index in [2.05, 4.69) is 15.9 Å². The molecule has 72 valence electrons. The highest BCUT2D eigenvalue weighted by atomic mass is 79.9. The second-order valence-corrected chi connectivity index (χ2v) is 4.18. The zero-order chi connectivity index (χ0) is 10.3. The minimum Gasteiger partial charge on any atom is -0.340 e. The molecule has 0 unspecified atom stereocenters. The van der Waals surface area contributed by atoms with E-state index in [9.17, 15) is 4.79 Å². The van der Waals surface area contributed by atoms with Gasteiger partial charge in [-0.1, -0.05) is 12.1 Å². The summed E-state index contributed by atoms with van der Waals surface area (Å²) in [7, 11) is 1.91. The quantitative estimate of drug-likeness (QED) is 0.715. The summed E-state index contributed by atoms with van der Waals surface area (Å²) in [6.45, 7) is 1.97. The number of halogens is 1. The number of nitrogens with zero attached hydrogens (tertiary/aromatic N) is 1. The Kier molecular flexibility index (Phi) is 2.19. The van der Waals surface area contributed by atoms with Gasteiger partial charge >= 0.3 is 0 Å². The van der Waals surface area contributed by atoms with Crippen LogP contribution in [-0.4, -0.2) is 10.9 Å². The van der Waals surface area contributed by atoms with Crippen LogP contribution in [0.5, 0.6) is 0 Å². The Labute approximate surface area is 90.7 Å². The van der Waals surface area contributed by atoms with Crippen LogP contribution in [0.25, 0.3) is 10.9 Å². The first-order valence-electron chi connectivity index (χ1n) is 4.35. The Morgan fingerprint density at radius 2 is 2.14 bits per heavy atom. The van der Waals surface area contributed by atoms with Gasteiger partial charge in [0.25, 0.3) is 0 Å². The Morgan fingerprint density at radius 3 is 2.71 bits per heavy atom.